The van der Waals surface area contributed by atoms with E-state index in [0.29, 0.717) is 28.3 Å². The van der Waals surface area contributed by atoms with Gasteiger partial charge in [0.2, 0.25) is 0 Å². The van der Waals surface area contributed by atoms with Crippen molar-refractivity contribution in [3.05, 3.63) is 63.0 Å². The van der Waals surface area contributed by atoms with Crippen LogP contribution in [0, 0.1) is 6.92 Å². The van der Waals surface area contributed by atoms with Gasteiger partial charge in [0.05, 0.1) is 11.1 Å². The van der Waals surface area contributed by atoms with Crippen molar-refractivity contribution in [3.8, 4) is 16.9 Å². The molecule has 1 N–H and O–H groups in total. The number of phenolic OH excluding ortho intramolecular Hbond substituents is 1. The summed E-state index contributed by atoms with van der Waals surface area (Å²) in [5.74, 6) is 0.160. The van der Waals surface area contributed by atoms with E-state index in [1.54, 1.807) is 18.2 Å². The molecule has 1 aliphatic heterocycles. The highest BCUT2D eigenvalue weighted by molar-refractivity contribution is 6.30. The van der Waals surface area contributed by atoms with Gasteiger partial charge in [0.15, 0.2) is 0 Å². The third-order valence-corrected chi connectivity index (χ3v) is 5.78. The quantitative estimate of drug-likeness (QED) is 0.678. The van der Waals surface area contributed by atoms with Crippen LogP contribution in [0.15, 0.2) is 45.6 Å². The number of benzene rings is 2. The van der Waals surface area contributed by atoms with Crippen LogP contribution in [-0.4, -0.2) is 48.1 Å². The molecule has 2 heterocycles. The molecular weight excluding hydrogens is 376 g/mol. The maximum absolute atomic E-state index is 12.8. The Kier molecular flexibility index (Phi) is 5.15. The lowest BCUT2D eigenvalue weighted by Gasteiger charge is -2.32. The van der Waals surface area contributed by atoms with Crippen LogP contribution in [-0.2, 0) is 6.54 Å². The average Bonchev–Trinajstić information content (AvgIpc) is 2.67. The van der Waals surface area contributed by atoms with Crippen molar-refractivity contribution in [1.29, 1.82) is 0 Å². The largest absolute Gasteiger partial charge is 0.507 e. The zero-order valence-electron chi connectivity index (χ0n) is 16.0. The van der Waals surface area contributed by atoms with Crippen molar-refractivity contribution < 1.29 is 9.52 Å². The first-order chi connectivity index (χ1) is 13.4. The first kappa shape index (κ1) is 19.0. The van der Waals surface area contributed by atoms with Gasteiger partial charge in [-0.15, -0.1) is 0 Å². The Morgan fingerprint density at radius 2 is 1.75 bits per heavy atom. The molecule has 0 bridgehead atoms. The summed E-state index contributed by atoms with van der Waals surface area (Å²) < 4.78 is 5.75. The zero-order valence-corrected chi connectivity index (χ0v) is 16.8. The van der Waals surface area contributed by atoms with Gasteiger partial charge in [-0.1, -0.05) is 23.7 Å². The topological polar surface area (TPSA) is 56.9 Å². The SMILES string of the molecule is Cc1c(-c2ccc(Cl)cc2)c(=O)oc2c(CN3CCN(C)CC3)c(O)ccc12. The average molecular weight is 399 g/mol. The Balaban J connectivity index is 1.81. The number of hydrogen-bond acceptors (Lipinski definition) is 5. The van der Waals surface area contributed by atoms with E-state index in [1.165, 1.54) is 0 Å². The fraction of sp³-hybridized carbons (Fsp3) is 0.318. The molecule has 0 amide bonds. The van der Waals surface area contributed by atoms with Crippen molar-refractivity contribution in [2.45, 2.75) is 13.5 Å². The first-order valence-corrected chi connectivity index (χ1v) is 9.77. The second-order valence-electron chi connectivity index (χ2n) is 7.42. The van der Waals surface area contributed by atoms with Crippen LogP contribution >= 0.6 is 11.6 Å². The Labute approximate surface area is 168 Å². The van der Waals surface area contributed by atoms with Gasteiger partial charge in [-0.2, -0.15) is 0 Å². The predicted molar refractivity (Wildman–Crippen MR) is 112 cm³/mol. The third kappa shape index (κ3) is 3.53. The highest BCUT2D eigenvalue weighted by atomic mass is 35.5. The molecule has 2 aromatic carbocycles. The number of aryl methyl sites for hydroxylation is 1. The summed E-state index contributed by atoms with van der Waals surface area (Å²) in [4.78, 5) is 17.4. The summed E-state index contributed by atoms with van der Waals surface area (Å²) in [6.45, 7) is 6.26. The molecule has 0 aliphatic carbocycles. The lowest BCUT2D eigenvalue weighted by atomic mass is 9.98. The normalized spacial score (nSPS) is 16.0. The number of fused-ring (bicyclic) bond motifs is 1. The molecule has 0 radical (unpaired) electrons. The van der Waals surface area contributed by atoms with Crippen LogP contribution in [0.2, 0.25) is 5.02 Å². The van der Waals surface area contributed by atoms with E-state index < -0.39 is 5.63 Å². The third-order valence-electron chi connectivity index (χ3n) is 5.52. The number of hydrogen-bond donors (Lipinski definition) is 1. The van der Waals surface area contributed by atoms with Gasteiger partial charge in [0, 0.05) is 43.1 Å². The number of nitrogens with zero attached hydrogens (tertiary/aromatic N) is 2. The number of likely N-dealkylation sites (N-methyl/N-ethyl adjacent to an activating group) is 1. The van der Waals surface area contributed by atoms with Gasteiger partial charge in [0.1, 0.15) is 11.3 Å². The minimum absolute atomic E-state index is 0.160. The minimum atomic E-state index is -0.405. The van der Waals surface area contributed by atoms with E-state index in [1.807, 2.05) is 25.1 Å². The van der Waals surface area contributed by atoms with Crippen LogP contribution in [0.4, 0.5) is 0 Å². The number of piperazine rings is 1. The molecule has 0 atom stereocenters. The Morgan fingerprint density at radius 3 is 2.43 bits per heavy atom. The van der Waals surface area contributed by atoms with E-state index in [0.717, 1.165) is 42.7 Å². The molecule has 0 spiro atoms. The number of aromatic hydroxyl groups is 1. The van der Waals surface area contributed by atoms with Gasteiger partial charge in [-0.3, -0.25) is 4.90 Å². The van der Waals surface area contributed by atoms with E-state index >= 15 is 0 Å². The predicted octanol–water partition coefficient (Wildman–Crippen LogP) is 3.87. The van der Waals surface area contributed by atoms with Crippen molar-refractivity contribution in [3.63, 3.8) is 0 Å². The molecule has 1 fully saturated rings. The summed E-state index contributed by atoms with van der Waals surface area (Å²) in [6.07, 6.45) is 0. The van der Waals surface area contributed by atoms with Gasteiger partial charge in [-0.25, -0.2) is 4.79 Å². The number of phenols is 1. The second kappa shape index (κ2) is 7.59. The highest BCUT2D eigenvalue weighted by Crippen LogP contribution is 2.33. The van der Waals surface area contributed by atoms with Crippen LogP contribution in [0.5, 0.6) is 5.75 Å². The molecule has 0 saturated carbocycles. The molecule has 1 aromatic heterocycles. The Bertz CT molecular complexity index is 1070. The number of rotatable bonds is 3. The monoisotopic (exact) mass is 398 g/mol. The molecule has 4 rings (SSSR count). The van der Waals surface area contributed by atoms with Gasteiger partial charge in [-0.05, 0) is 49.4 Å². The molecule has 5 nitrogen and oxygen atoms in total. The molecule has 0 unspecified atom stereocenters. The zero-order chi connectivity index (χ0) is 19.8. The minimum Gasteiger partial charge on any atom is -0.507 e. The highest BCUT2D eigenvalue weighted by Gasteiger charge is 2.21. The van der Waals surface area contributed by atoms with Gasteiger partial charge in [0.25, 0.3) is 0 Å². The fourth-order valence-electron chi connectivity index (χ4n) is 3.79. The van der Waals surface area contributed by atoms with Crippen molar-refractivity contribution in [1.82, 2.24) is 9.80 Å². The fourth-order valence-corrected chi connectivity index (χ4v) is 3.92. The molecule has 6 heteroatoms. The standard InChI is InChI=1S/C22H23ClN2O3/c1-14-17-7-8-19(26)18(13-25-11-9-24(2)10-12-25)21(17)28-22(27)20(14)15-3-5-16(23)6-4-15/h3-8,26H,9-13H2,1-2H3. The molecule has 3 aromatic rings. The van der Waals surface area contributed by atoms with Crippen LogP contribution in [0.1, 0.15) is 11.1 Å². The second-order valence-corrected chi connectivity index (χ2v) is 7.85. The summed E-state index contributed by atoms with van der Waals surface area (Å²) >= 11 is 5.98. The van der Waals surface area contributed by atoms with Gasteiger partial charge >= 0.3 is 5.63 Å². The van der Waals surface area contributed by atoms with Crippen LogP contribution in [0.3, 0.4) is 0 Å². The summed E-state index contributed by atoms with van der Waals surface area (Å²) in [7, 11) is 2.10. The van der Waals surface area contributed by atoms with E-state index in [4.69, 9.17) is 16.0 Å². The summed E-state index contributed by atoms with van der Waals surface area (Å²) in [5.41, 5.74) is 2.88. The van der Waals surface area contributed by atoms with Gasteiger partial charge < -0.3 is 14.4 Å². The van der Waals surface area contributed by atoms with Crippen LogP contribution in [0.25, 0.3) is 22.1 Å². The van der Waals surface area contributed by atoms with Crippen molar-refractivity contribution in [2.75, 3.05) is 33.2 Å². The molecule has 146 valence electrons. The van der Waals surface area contributed by atoms with Crippen molar-refractivity contribution in [2.24, 2.45) is 0 Å². The van der Waals surface area contributed by atoms with Crippen LogP contribution < -0.4 is 5.63 Å². The number of halogens is 1. The molecule has 28 heavy (non-hydrogen) atoms. The first-order valence-electron chi connectivity index (χ1n) is 9.39. The molecule has 1 saturated heterocycles. The van der Waals surface area contributed by atoms with E-state index in [-0.39, 0.29) is 5.75 Å². The van der Waals surface area contributed by atoms with E-state index in [2.05, 4.69) is 16.8 Å². The molecular formula is C22H23ClN2O3. The Morgan fingerprint density at radius 1 is 1.07 bits per heavy atom. The smallest absolute Gasteiger partial charge is 0.344 e. The molecule has 1 aliphatic rings. The van der Waals surface area contributed by atoms with Crippen molar-refractivity contribution >= 4 is 22.6 Å². The summed E-state index contributed by atoms with van der Waals surface area (Å²) in [5, 5.41) is 11.9. The van der Waals surface area contributed by atoms with E-state index in [9.17, 15) is 9.90 Å². The lowest BCUT2D eigenvalue weighted by molar-refractivity contribution is 0.147. The lowest BCUT2D eigenvalue weighted by Crippen LogP contribution is -2.43. The maximum atomic E-state index is 12.8. The summed E-state index contributed by atoms with van der Waals surface area (Å²) in [6, 6.07) is 10.7. The maximum Gasteiger partial charge on any atom is 0.344 e. The Hall–Kier alpha value is -2.34.